The number of carbonyl (C=O) groups excluding carboxylic acids is 1. The predicted molar refractivity (Wildman–Crippen MR) is 71.9 cm³/mol. The second-order valence-electron chi connectivity index (χ2n) is 4.79. The van der Waals surface area contributed by atoms with Gasteiger partial charge in [-0.3, -0.25) is 4.79 Å². The van der Waals surface area contributed by atoms with Gasteiger partial charge in [0, 0.05) is 20.1 Å². The topological polar surface area (TPSA) is 60.9 Å². The summed E-state index contributed by atoms with van der Waals surface area (Å²) >= 11 is 1.48. The summed E-state index contributed by atoms with van der Waals surface area (Å²) in [5.41, 5.74) is 0. The first kappa shape index (κ1) is 15.0. The summed E-state index contributed by atoms with van der Waals surface area (Å²) in [6, 6.07) is -0.751. The maximum absolute atomic E-state index is 12.1. The quantitative estimate of drug-likeness (QED) is 0.738. The smallest absolute Gasteiger partial charge is 0.326 e. The van der Waals surface area contributed by atoms with Gasteiger partial charge in [0.25, 0.3) is 0 Å². The summed E-state index contributed by atoms with van der Waals surface area (Å²) in [6.45, 7) is 8.54. The maximum Gasteiger partial charge on any atom is 0.326 e. The maximum atomic E-state index is 12.1. The van der Waals surface area contributed by atoms with Gasteiger partial charge >= 0.3 is 5.97 Å². The lowest BCUT2D eigenvalue weighted by Crippen LogP contribution is -2.55. The molecule has 1 amide bonds. The molecule has 0 aromatic carbocycles. The standard InChI is InChI=1S/C12H20N2O3S/c1-5-18-14-6-9(7-14)11(15)13(4)10(8(2)3)12(16)17/h5,8-10H,1,6-7H2,2-4H3,(H,16,17)/t10-/m0/s1. The number of carboxylic acids is 1. The average molecular weight is 272 g/mol. The van der Waals surface area contributed by atoms with Crippen molar-refractivity contribution in [2.24, 2.45) is 11.8 Å². The van der Waals surface area contributed by atoms with Gasteiger partial charge in [0.2, 0.25) is 5.91 Å². The lowest BCUT2D eigenvalue weighted by molar-refractivity contribution is -0.154. The average Bonchev–Trinajstić information content (AvgIpc) is 2.20. The Kier molecular flexibility index (Phi) is 5.22. The molecule has 5 nitrogen and oxygen atoms in total. The van der Waals surface area contributed by atoms with Crippen molar-refractivity contribution in [2.75, 3.05) is 20.1 Å². The van der Waals surface area contributed by atoms with Gasteiger partial charge in [-0.1, -0.05) is 32.4 Å². The van der Waals surface area contributed by atoms with Crippen molar-refractivity contribution in [1.82, 2.24) is 9.21 Å². The van der Waals surface area contributed by atoms with Crippen LogP contribution < -0.4 is 0 Å². The molecule has 1 rings (SSSR count). The van der Waals surface area contributed by atoms with E-state index in [0.717, 1.165) is 0 Å². The van der Waals surface area contributed by atoms with E-state index in [4.69, 9.17) is 5.11 Å². The van der Waals surface area contributed by atoms with E-state index in [0.29, 0.717) is 13.1 Å². The van der Waals surface area contributed by atoms with Crippen molar-refractivity contribution in [3.63, 3.8) is 0 Å². The Hall–Kier alpha value is -1.01. The zero-order valence-electron chi connectivity index (χ0n) is 11.0. The Bertz CT molecular complexity index is 340. The van der Waals surface area contributed by atoms with Crippen molar-refractivity contribution in [3.8, 4) is 0 Å². The molecule has 0 aliphatic carbocycles. The third-order valence-electron chi connectivity index (χ3n) is 3.07. The molecule has 0 radical (unpaired) electrons. The number of carboxylic acid groups (broad SMARTS) is 1. The molecular formula is C12H20N2O3S. The molecule has 0 spiro atoms. The fourth-order valence-corrected chi connectivity index (χ4v) is 2.85. The highest BCUT2D eigenvalue weighted by Gasteiger charge is 2.38. The fourth-order valence-electron chi connectivity index (χ4n) is 2.11. The number of rotatable bonds is 6. The van der Waals surface area contributed by atoms with Crippen LogP contribution in [-0.4, -0.2) is 52.4 Å². The van der Waals surface area contributed by atoms with Gasteiger partial charge < -0.3 is 10.0 Å². The van der Waals surface area contributed by atoms with E-state index < -0.39 is 12.0 Å². The summed E-state index contributed by atoms with van der Waals surface area (Å²) in [5, 5.41) is 10.9. The van der Waals surface area contributed by atoms with E-state index in [1.165, 1.54) is 16.8 Å². The second-order valence-corrected chi connectivity index (χ2v) is 5.85. The summed E-state index contributed by atoms with van der Waals surface area (Å²) in [5.74, 6) is -1.23. The van der Waals surface area contributed by atoms with Gasteiger partial charge in [-0.05, 0) is 11.3 Å². The molecule has 102 valence electrons. The SMILES string of the molecule is C=CSN1CC(C(=O)N(C)[C@H](C(=O)O)C(C)C)C1. The van der Waals surface area contributed by atoms with Gasteiger partial charge in [-0.2, -0.15) is 0 Å². The monoisotopic (exact) mass is 272 g/mol. The van der Waals surface area contributed by atoms with E-state index in [-0.39, 0.29) is 17.7 Å². The zero-order valence-corrected chi connectivity index (χ0v) is 11.8. The van der Waals surface area contributed by atoms with Crippen LogP contribution in [0.3, 0.4) is 0 Å². The van der Waals surface area contributed by atoms with Crippen LogP contribution in [0.15, 0.2) is 12.0 Å². The molecule has 18 heavy (non-hydrogen) atoms. The number of amides is 1. The molecule has 0 unspecified atom stereocenters. The predicted octanol–water partition coefficient (Wildman–Crippen LogP) is 1.28. The zero-order chi connectivity index (χ0) is 13.9. The first-order valence-corrected chi connectivity index (χ1v) is 6.74. The van der Waals surface area contributed by atoms with Crippen molar-refractivity contribution in [3.05, 3.63) is 12.0 Å². The first-order chi connectivity index (χ1) is 8.38. The van der Waals surface area contributed by atoms with Gasteiger partial charge in [0.15, 0.2) is 0 Å². The number of hydrogen-bond acceptors (Lipinski definition) is 4. The molecule has 1 N–H and O–H groups in total. The van der Waals surface area contributed by atoms with Gasteiger partial charge in [-0.15, -0.1) is 0 Å². The number of hydrogen-bond donors (Lipinski definition) is 1. The number of nitrogens with zero attached hydrogens (tertiary/aromatic N) is 2. The Morgan fingerprint density at radius 2 is 2.06 bits per heavy atom. The third kappa shape index (κ3) is 3.26. The molecule has 0 saturated carbocycles. The molecule has 1 atom stereocenters. The lowest BCUT2D eigenvalue weighted by Gasteiger charge is -2.39. The third-order valence-corrected chi connectivity index (χ3v) is 3.82. The van der Waals surface area contributed by atoms with E-state index in [2.05, 4.69) is 6.58 Å². The summed E-state index contributed by atoms with van der Waals surface area (Å²) in [6.07, 6.45) is 0. The van der Waals surface area contributed by atoms with Crippen LogP contribution in [0.4, 0.5) is 0 Å². The molecule has 0 bridgehead atoms. The Morgan fingerprint density at radius 3 is 2.44 bits per heavy atom. The lowest BCUT2D eigenvalue weighted by atomic mass is 9.97. The van der Waals surface area contributed by atoms with Gasteiger partial charge in [0.1, 0.15) is 6.04 Å². The first-order valence-electron chi connectivity index (χ1n) is 5.90. The molecule has 1 heterocycles. The number of aliphatic carboxylic acids is 1. The minimum Gasteiger partial charge on any atom is -0.480 e. The molecule has 0 aromatic heterocycles. The molecule has 1 fully saturated rings. The molecule has 1 saturated heterocycles. The van der Waals surface area contributed by atoms with E-state index in [1.54, 1.807) is 12.5 Å². The van der Waals surface area contributed by atoms with Crippen molar-refractivity contribution < 1.29 is 14.7 Å². The van der Waals surface area contributed by atoms with Gasteiger partial charge in [-0.25, -0.2) is 9.10 Å². The minimum atomic E-state index is -0.947. The van der Waals surface area contributed by atoms with Crippen LogP contribution in [0.25, 0.3) is 0 Å². The molecule has 6 heteroatoms. The molecule has 1 aliphatic heterocycles. The van der Waals surface area contributed by atoms with E-state index >= 15 is 0 Å². The second kappa shape index (κ2) is 6.24. The highest BCUT2D eigenvalue weighted by Crippen LogP contribution is 2.26. The normalized spacial score (nSPS) is 18.2. The fraction of sp³-hybridized carbons (Fsp3) is 0.667. The summed E-state index contributed by atoms with van der Waals surface area (Å²) in [7, 11) is 1.57. The van der Waals surface area contributed by atoms with Crippen LogP contribution in [0.2, 0.25) is 0 Å². The van der Waals surface area contributed by atoms with Crippen molar-refractivity contribution in [1.29, 1.82) is 0 Å². The largest absolute Gasteiger partial charge is 0.480 e. The number of likely N-dealkylation sites (N-methyl/N-ethyl adjacent to an activating group) is 1. The van der Waals surface area contributed by atoms with Crippen LogP contribution in [0.1, 0.15) is 13.8 Å². The Labute approximate surface area is 112 Å². The molecule has 0 aromatic rings. The highest BCUT2D eigenvalue weighted by atomic mass is 32.2. The Balaban J connectivity index is 2.56. The Morgan fingerprint density at radius 1 is 1.50 bits per heavy atom. The van der Waals surface area contributed by atoms with Crippen LogP contribution in [0, 0.1) is 11.8 Å². The van der Waals surface area contributed by atoms with E-state index in [1.807, 2.05) is 18.2 Å². The number of carbonyl (C=O) groups is 2. The van der Waals surface area contributed by atoms with Gasteiger partial charge in [0.05, 0.1) is 5.92 Å². The highest BCUT2D eigenvalue weighted by molar-refractivity contribution is 7.99. The van der Waals surface area contributed by atoms with Crippen molar-refractivity contribution in [2.45, 2.75) is 19.9 Å². The minimum absolute atomic E-state index is 0.0861. The summed E-state index contributed by atoms with van der Waals surface area (Å²) in [4.78, 5) is 24.7. The van der Waals surface area contributed by atoms with Crippen LogP contribution in [-0.2, 0) is 9.59 Å². The van der Waals surface area contributed by atoms with Crippen LogP contribution in [0.5, 0.6) is 0 Å². The molecule has 1 aliphatic rings. The van der Waals surface area contributed by atoms with Crippen molar-refractivity contribution >= 4 is 23.8 Å². The van der Waals surface area contributed by atoms with E-state index in [9.17, 15) is 9.59 Å². The van der Waals surface area contributed by atoms with Crippen LogP contribution >= 0.6 is 11.9 Å². The summed E-state index contributed by atoms with van der Waals surface area (Å²) < 4.78 is 2.02. The molecular weight excluding hydrogens is 252 g/mol.